The van der Waals surface area contributed by atoms with Crippen molar-refractivity contribution in [3.63, 3.8) is 0 Å². The number of ether oxygens (including phenoxy) is 1. The van der Waals surface area contributed by atoms with Crippen molar-refractivity contribution in [3.8, 4) is 5.75 Å². The second-order valence-electron chi connectivity index (χ2n) is 5.49. The summed E-state index contributed by atoms with van der Waals surface area (Å²) < 4.78 is 6.54. The van der Waals surface area contributed by atoms with Gasteiger partial charge in [0, 0.05) is 18.7 Å². The summed E-state index contributed by atoms with van der Waals surface area (Å²) in [6.45, 7) is 8.42. The Labute approximate surface area is 159 Å². The molecule has 1 aromatic carbocycles. The Balaban J connectivity index is 2.59. The minimum Gasteiger partial charge on any atom is -0.492 e. The summed E-state index contributed by atoms with van der Waals surface area (Å²) in [6, 6.07) is 5.34. The first kappa shape index (κ1) is 20.9. The Morgan fingerprint density at radius 2 is 1.92 bits per heavy atom. The van der Waals surface area contributed by atoms with Gasteiger partial charge in [-0.25, -0.2) is 0 Å². The average molecular weight is 415 g/mol. The van der Waals surface area contributed by atoms with Crippen LogP contribution in [-0.4, -0.2) is 35.6 Å². The first-order valence-corrected chi connectivity index (χ1v) is 9.76. The van der Waals surface area contributed by atoms with Gasteiger partial charge in [0.2, 0.25) is 0 Å². The number of hydrogen-bond donors (Lipinski definition) is 1. The lowest BCUT2D eigenvalue weighted by atomic mass is 10.2. The van der Waals surface area contributed by atoms with Crippen LogP contribution in [0.15, 0.2) is 22.7 Å². The van der Waals surface area contributed by atoms with Gasteiger partial charge in [0.05, 0.1) is 11.1 Å². The van der Waals surface area contributed by atoms with E-state index in [2.05, 4.69) is 28.2 Å². The summed E-state index contributed by atoms with van der Waals surface area (Å²) in [4.78, 5) is 14.2. The first-order chi connectivity index (χ1) is 11.5. The standard InChI is InChI=1S/C18H27BrN2O2S/c1-4-7-8-9-12-23-16-11-10-14(13-15(16)19)17(22)20-18(24)21(5-2)6-3/h10-11,13H,4-9,12H2,1-3H3,(H,20,22,24). The minimum absolute atomic E-state index is 0.206. The second-order valence-corrected chi connectivity index (χ2v) is 6.73. The fraction of sp³-hybridized carbons (Fsp3) is 0.556. The summed E-state index contributed by atoms with van der Waals surface area (Å²) in [5.74, 6) is 0.552. The van der Waals surface area contributed by atoms with Crippen molar-refractivity contribution in [1.82, 2.24) is 10.2 Å². The van der Waals surface area contributed by atoms with Crippen molar-refractivity contribution < 1.29 is 9.53 Å². The number of hydrogen-bond acceptors (Lipinski definition) is 3. The normalized spacial score (nSPS) is 10.3. The monoisotopic (exact) mass is 414 g/mol. The van der Waals surface area contributed by atoms with Gasteiger partial charge in [0.1, 0.15) is 5.75 Å². The number of rotatable bonds is 9. The first-order valence-electron chi connectivity index (χ1n) is 8.56. The molecule has 0 bridgehead atoms. The molecule has 0 atom stereocenters. The maximum Gasteiger partial charge on any atom is 0.257 e. The molecular weight excluding hydrogens is 388 g/mol. The van der Waals surface area contributed by atoms with Crippen LogP contribution in [0.25, 0.3) is 0 Å². The van der Waals surface area contributed by atoms with Crippen LogP contribution < -0.4 is 10.1 Å². The summed E-state index contributed by atoms with van der Waals surface area (Å²) in [5.41, 5.74) is 0.551. The minimum atomic E-state index is -0.206. The number of carbonyl (C=O) groups is 1. The van der Waals surface area contributed by atoms with Gasteiger partial charge in [-0.2, -0.15) is 0 Å². The van der Waals surface area contributed by atoms with E-state index in [4.69, 9.17) is 17.0 Å². The number of amides is 1. The van der Waals surface area contributed by atoms with Crippen LogP contribution >= 0.6 is 28.1 Å². The fourth-order valence-electron chi connectivity index (χ4n) is 2.23. The van der Waals surface area contributed by atoms with E-state index >= 15 is 0 Å². The number of thiocarbonyl (C=S) groups is 1. The maximum absolute atomic E-state index is 12.3. The van der Waals surface area contributed by atoms with Crippen molar-refractivity contribution in [2.75, 3.05) is 19.7 Å². The predicted molar refractivity (Wildman–Crippen MR) is 107 cm³/mol. The van der Waals surface area contributed by atoms with Gasteiger partial charge in [-0.1, -0.05) is 26.2 Å². The van der Waals surface area contributed by atoms with Gasteiger partial charge in [-0.05, 0) is 66.6 Å². The molecule has 0 aromatic heterocycles. The molecular formula is C18H27BrN2O2S. The molecule has 0 spiro atoms. The van der Waals surface area contributed by atoms with Crippen LogP contribution in [0.5, 0.6) is 5.75 Å². The van der Waals surface area contributed by atoms with Crippen LogP contribution in [0.4, 0.5) is 0 Å². The van der Waals surface area contributed by atoms with Crippen LogP contribution in [-0.2, 0) is 0 Å². The summed E-state index contributed by atoms with van der Waals surface area (Å²) >= 11 is 8.73. The molecule has 0 heterocycles. The van der Waals surface area contributed by atoms with E-state index < -0.39 is 0 Å². The molecule has 0 aliphatic carbocycles. The van der Waals surface area contributed by atoms with Crippen molar-refractivity contribution in [2.45, 2.75) is 46.5 Å². The Bertz CT molecular complexity index is 548. The molecule has 0 saturated carbocycles. The molecule has 0 radical (unpaired) electrons. The highest BCUT2D eigenvalue weighted by atomic mass is 79.9. The average Bonchev–Trinajstić information content (AvgIpc) is 2.56. The van der Waals surface area contributed by atoms with Crippen molar-refractivity contribution in [1.29, 1.82) is 0 Å². The van der Waals surface area contributed by atoms with Crippen LogP contribution in [0.3, 0.4) is 0 Å². The Kier molecular flexibility index (Phi) is 9.95. The molecule has 134 valence electrons. The number of nitrogens with one attached hydrogen (secondary N) is 1. The molecule has 0 saturated heterocycles. The summed E-state index contributed by atoms with van der Waals surface area (Å²) in [6.07, 6.45) is 4.66. The Hall–Kier alpha value is -1.14. The highest BCUT2D eigenvalue weighted by Crippen LogP contribution is 2.26. The SMILES string of the molecule is CCCCCCOc1ccc(C(=O)NC(=S)N(CC)CC)cc1Br. The van der Waals surface area contributed by atoms with E-state index in [0.29, 0.717) is 17.3 Å². The lowest BCUT2D eigenvalue weighted by Gasteiger charge is -2.21. The third-order valence-electron chi connectivity index (χ3n) is 3.72. The van der Waals surface area contributed by atoms with Crippen molar-refractivity contribution >= 4 is 39.2 Å². The van der Waals surface area contributed by atoms with Crippen LogP contribution in [0.2, 0.25) is 0 Å². The molecule has 1 rings (SSSR count). The largest absolute Gasteiger partial charge is 0.492 e. The molecule has 24 heavy (non-hydrogen) atoms. The molecule has 0 aliphatic heterocycles. The lowest BCUT2D eigenvalue weighted by molar-refractivity contribution is 0.0973. The third-order valence-corrected chi connectivity index (χ3v) is 4.70. The number of halogens is 1. The van der Waals surface area contributed by atoms with Gasteiger partial charge in [-0.15, -0.1) is 0 Å². The highest BCUT2D eigenvalue weighted by Gasteiger charge is 2.13. The van der Waals surface area contributed by atoms with Crippen LogP contribution in [0.1, 0.15) is 56.8 Å². The maximum atomic E-state index is 12.3. The Morgan fingerprint density at radius 3 is 2.50 bits per heavy atom. The van der Waals surface area contributed by atoms with Gasteiger partial charge in [-0.3, -0.25) is 10.1 Å². The zero-order valence-corrected chi connectivity index (χ0v) is 17.1. The van der Waals surface area contributed by atoms with Crippen molar-refractivity contribution in [2.24, 2.45) is 0 Å². The quantitative estimate of drug-likeness (QED) is 0.466. The highest BCUT2D eigenvalue weighted by molar-refractivity contribution is 9.10. The van der Waals surface area contributed by atoms with Gasteiger partial charge in [0.25, 0.3) is 5.91 Å². The number of carbonyl (C=O) groups excluding carboxylic acids is 1. The van der Waals surface area contributed by atoms with Gasteiger partial charge >= 0.3 is 0 Å². The van der Waals surface area contributed by atoms with E-state index in [0.717, 1.165) is 29.7 Å². The molecule has 6 heteroatoms. The van der Waals surface area contributed by atoms with E-state index in [1.807, 2.05) is 24.8 Å². The molecule has 0 unspecified atom stereocenters. The summed E-state index contributed by atoms with van der Waals surface area (Å²) in [5, 5.41) is 3.22. The molecule has 4 nitrogen and oxygen atoms in total. The summed E-state index contributed by atoms with van der Waals surface area (Å²) in [7, 11) is 0. The fourth-order valence-corrected chi connectivity index (χ4v) is 3.07. The third kappa shape index (κ3) is 6.77. The van der Waals surface area contributed by atoms with Gasteiger partial charge in [0.15, 0.2) is 5.11 Å². The van der Waals surface area contributed by atoms with E-state index in [9.17, 15) is 4.79 Å². The number of benzene rings is 1. The number of nitrogens with zero attached hydrogens (tertiary/aromatic N) is 1. The second kappa shape index (κ2) is 11.4. The topological polar surface area (TPSA) is 41.6 Å². The molecule has 0 aliphatic rings. The molecule has 0 fully saturated rings. The van der Waals surface area contributed by atoms with Gasteiger partial charge < -0.3 is 9.64 Å². The van der Waals surface area contributed by atoms with E-state index in [1.54, 1.807) is 12.1 Å². The smallest absolute Gasteiger partial charge is 0.257 e. The van der Waals surface area contributed by atoms with E-state index in [1.165, 1.54) is 19.3 Å². The lowest BCUT2D eigenvalue weighted by Crippen LogP contribution is -2.42. The van der Waals surface area contributed by atoms with E-state index in [-0.39, 0.29) is 5.91 Å². The molecule has 1 amide bonds. The number of unbranched alkanes of at least 4 members (excludes halogenated alkanes) is 3. The zero-order chi connectivity index (χ0) is 17.9. The predicted octanol–water partition coefficient (Wildman–Crippen LogP) is 4.76. The molecule has 1 N–H and O–H groups in total. The van der Waals surface area contributed by atoms with Crippen LogP contribution in [0, 0.1) is 0 Å². The Morgan fingerprint density at radius 1 is 1.21 bits per heavy atom. The molecule has 1 aromatic rings. The zero-order valence-electron chi connectivity index (χ0n) is 14.7. The van der Waals surface area contributed by atoms with Crippen molar-refractivity contribution in [3.05, 3.63) is 28.2 Å².